The molecule has 0 fully saturated rings. The fraction of sp³-hybridized carbons (Fsp3) is 0.538. The van der Waals surface area contributed by atoms with Crippen LogP contribution in [0.25, 0.3) is 0 Å². The summed E-state index contributed by atoms with van der Waals surface area (Å²) in [4.78, 5) is 0. The summed E-state index contributed by atoms with van der Waals surface area (Å²) in [7, 11) is 0. The Balaban J connectivity index is 3.06. The summed E-state index contributed by atoms with van der Waals surface area (Å²) in [6.45, 7) is 5.97. The Kier molecular flexibility index (Phi) is 3.66. The monoisotopic (exact) mass is 230 g/mol. The quantitative estimate of drug-likeness (QED) is 0.707. The minimum Gasteiger partial charge on any atom is -0.166 e. The van der Waals surface area contributed by atoms with Crippen molar-refractivity contribution in [2.45, 2.75) is 39.8 Å². The number of hydrogen-bond donors (Lipinski definition) is 0. The third-order valence-corrected chi connectivity index (χ3v) is 2.95. The largest absolute Gasteiger partial charge is 0.416 e. The summed E-state index contributed by atoms with van der Waals surface area (Å²) >= 11 is 0. The third kappa shape index (κ3) is 3.26. The molecule has 0 aliphatic heterocycles. The fourth-order valence-electron chi connectivity index (χ4n) is 1.59. The average molecular weight is 230 g/mol. The molecule has 1 aromatic rings. The summed E-state index contributed by atoms with van der Waals surface area (Å²) in [5.74, 6) is 0. The van der Waals surface area contributed by atoms with Crippen LogP contribution in [0.5, 0.6) is 0 Å². The van der Waals surface area contributed by atoms with E-state index in [9.17, 15) is 13.2 Å². The van der Waals surface area contributed by atoms with Crippen LogP contribution in [-0.4, -0.2) is 0 Å². The molecule has 0 bridgehead atoms. The van der Waals surface area contributed by atoms with Crippen LogP contribution >= 0.6 is 0 Å². The molecule has 16 heavy (non-hydrogen) atoms. The van der Waals surface area contributed by atoms with Gasteiger partial charge in [0.2, 0.25) is 0 Å². The number of alkyl halides is 3. The predicted octanol–water partition coefficient (Wildman–Crippen LogP) is 4.68. The van der Waals surface area contributed by atoms with Crippen LogP contribution in [0.4, 0.5) is 13.2 Å². The normalized spacial score (nSPS) is 12.9. The van der Waals surface area contributed by atoms with Gasteiger partial charge in [0.1, 0.15) is 0 Å². The number of halogens is 3. The maximum atomic E-state index is 12.7. The topological polar surface area (TPSA) is 0 Å². The van der Waals surface area contributed by atoms with Crippen LogP contribution in [0.1, 0.15) is 38.3 Å². The molecule has 0 saturated carbocycles. The molecule has 0 aromatic heterocycles. The molecule has 0 atom stereocenters. The third-order valence-electron chi connectivity index (χ3n) is 2.95. The van der Waals surface area contributed by atoms with E-state index in [0.29, 0.717) is 12.0 Å². The first-order chi connectivity index (χ1) is 7.26. The highest BCUT2D eigenvalue weighted by Gasteiger charge is 2.33. The number of rotatable bonds is 3. The van der Waals surface area contributed by atoms with Crippen molar-refractivity contribution < 1.29 is 13.2 Å². The standard InChI is InChI=1S/C13H17F3/c1-4-12(2,3)9-10-7-5-6-8-11(10)13(14,15)16/h5-8H,4,9H2,1-3H3. The van der Waals surface area contributed by atoms with E-state index in [4.69, 9.17) is 0 Å². The SMILES string of the molecule is CCC(C)(C)Cc1ccccc1C(F)(F)F. The predicted molar refractivity (Wildman–Crippen MR) is 59.2 cm³/mol. The van der Waals surface area contributed by atoms with Gasteiger partial charge in [-0.05, 0) is 23.5 Å². The van der Waals surface area contributed by atoms with E-state index in [2.05, 4.69) is 0 Å². The molecular formula is C13H17F3. The molecule has 0 heterocycles. The Labute approximate surface area is 94.5 Å². The van der Waals surface area contributed by atoms with Crippen LogP contribution in [-0.2, 0) is 12.6 Å². The maximum absolute atomic E-state index is 12.7. The lowest BCUT2D eigenvalue weighted by molar-refractivity contribution is -0.138. The Morgan fingerprint density at radius 1 is 1.06 bits per heavy atom. The Hall–Kier alpha value is -0.990. The molecule has 90 valence electrons. The first-order valence-corrected chi connectivity index (χ1v) is 5.41. The second-order valence-corrected chi connectivity index (χ2v) is 4.85. The first-order valence-electron chi connectivity index (χ1n) is 5.41. The van der Waals surface area contributed by atoms with Crippen LogP contribution in [0.3, 0.4) is 0 Å². The van der Waals surface area contributed by atoms with Gasteiger partial charge in [0.25, 0.3) is 0 Å². The van der Waals surface area contributed by atoms with E-state index >= 15 is 0 Å². The smallest absolute Gasteiger partial charge is 0.166 e. The summed E-state index contributed by atoms with van der Waals surface area (Å²) in [5.41, 5.74) is -0.208. The minimum absolute atomic E-state index is 0.0959. The van der Waals surface area contributed by atoms with Crippen LogP contribution in [0.2, 0.25) is 0 Å². The van der Waals surface area contributed by atoms with E-state index < -0.39 is 11.7 Å². The van der Waals surface area contributed by atoms with Gasteiger partial charge in [-0.25, -0.2) is 0 Å². The molecule has 0 spiro atoms. The van der Waals surface area contributed by atoms with Gasteiger partial charge < -0.3 is 0 Å². The van der Waals surface area contributed by atoms with Crippen molar-refractivity contribution >= 4 is 0 Å². The molecule has 0 amide bonds. The van der Waals surface area contributed by atoms with Crippen LogP contribution < -0.4 is 0 Å². The highest BCUT2D eigenvalue weighted by Crippen LogP contribution is 2.35. The highest BCUT2D eigenvalue weighted by atomic mass is 19.4. The van der Waals surface area contributed by atoms with Crippen molar-refractivity contribution in [3.05, 3.63) is 35.4 Å². The zero-order valence-electron chi connectivity index (χ0n) is 9.86. The Morgan fingerprint density at radius 3 is 2.12 bits per heavy atom. The molecule has 1 aromatic carbocycles. The average Bonchev–Trinajstić information content (AvgIpc) is 2.16. The van der Waals surface area contributed by atoms with Gasteiger partial charge in [0.15, 0.2) is 0 Å². The lowest BCUT2D eigenvalue weighted by Crippen LogP contribution is -2.17. The molecule has 0 aliphatic carbocycles. The van der Waals surface area contributed by atoms with E-state index in [1.807, 2.05) is 20.8 Å². The van der Waals surface area contributed by atoms with Gasteiger partial charge >= 0.3 is 6.18 Å². The summed E-state index contributed by atoms with van der Waals surface area (Å²) in [6.07, 6.45) is -2.93. The first kappa shape index (κ1) is 13.1. The summed E-state index contributed by atoms with van der Waals surface area (Å²) in [5, 5.41) is 0. The summed E-state index contributed by atoms with van der Waals surface area (Å²) in [6, 6.07) is 5.82. The molecule has 0 N–H and O–H groups in total. The van der Waals surface area contributed by atoms with Crippen molar-refractivity contribution in [3.63, 3.8) is 0 Å². The van der Waals surface area contributed by atoms with Gasteiger partial charge in [-0.3, -0.25) is 0 Å². The van der Waals surface area contributed by atoms with Gasteiger partial charge in [0.05, 0.1) is 5.56 Å². The van der Waals surface area contributed by atoms with Gasteiger partial charge in [-0.2, -0.15) is 13.2 Å². The van der Waals surface area contributed by atoms with Crippen molar-refractivity contribution in [1.82, 2.24) is 0 Å². The number of hydrogen-bond acceptors (Lipinski definition) is 0. The van der Waals surface area contributed by atoms with E-state index in [1.165, 1.54) is 6.07 Å². The zero-order valence-corrected chi connectivity index (χ0v) is 9.86. The molecule has 3 heteroatoms. The molecule has 0 nitrogen and oxygen atoms in total. The van der Waals surface area contributed by atoms with Gasteiger partial charge in [-0.15, -0.1) is 0 Å². The lowest BCUT2D eigenvalue weighted by atomic mass is 9.82. The molecule has 0 unspecified atom stereocenters. The highest BCUT2D eigenvalue weighted by molar-refractivity contribution is 5.30. The Morgan fingerprint density at radius 2 is 1.62 bits per heavy atom. The number of benzene rings is 1. The zero-order chi connectivity index (χ0) is 12.4. The summed E-state index contributed by atoms with van der Waals surface area (Å²) < 4.78 is 38.2. The molecule has 1 rings (SSSR count). The van der Waals surface area contributed by atoms with E-state index in [0.717, 1.165) is 12.5 Å². The fourth-order valence-corrected chi connectivity index (χ4v) is 1.59. The maximum Gasteiger partial charge on any atom is 0.416 e. The molecular weight excluding hydrogens is 213 g/mol. The minimum atomic E-state index is -4.25. The second kappa shape index (κ2) is 4.48. The molecule has 0 radical (unpaired) electrons. The van der Waals surface area contributed by atoms with Gasteiger partial charge in [-0.1, -0.05) is 45.4 Å². The lowest BCUT2D eigenvalue weighted by Gasteiger charge is -2.24. The van der Waals surface area contributed by atoms with Crippen molar-refractivity contribution in [1.29, 1.82) is 0 Å². The second-order valence-electron chi connectivity index (χ2n) is 4.85. The Bertz CT molecular complexity index is 350. The molecule has 0 aliphatic rings. The van der Waals surface area contributed by atoms with Gasteiger partial charge in [0, 0.05) is 0 Å². The van der Waals surface area contributed by atoms with E-state index in [1.54, 1.807) is 12.1 Å². The van der Waals surface area contributed by atoms with E-state index in [-0.39, 0.29) is 5.41 Å². The van der Waals surface area contributed by atoms with Crippen molar-refractivity contribution in [2.75, 3.05) is 0 Å². The van der Waals surface area contributed by atoms with Crippen molar-refractivity contribution in [2.24, 2.45) is 5.41 Å². The van der Waals surface area contributed by atoms with Crippen LogP contribution in [0.15, 0.2) is 24.3 Å². The van der Waals surface area contributed by atoms with Crippen molar-refractivity contribution in [3.8, 4) is 0 Å². The molecule has 0 saturated heterocycles. The van der Waals surface area contributed by atoms with Crippen LogP contribution in [0, 0.1) is 5.41 Å².